The lowest BCUT2D eigenvalue weighted by molar-refractivity contribution is -0.145. The number of hydrogen-bond acceptors (Lipinski definition) is 3. The Bertz CT molecular complexity index is 460. The van der Waals surface area contributed by atoms with Crippen LogP contribution in [0.1, 0.15) is 30.9 Å². The van der Waals surface area contributed by atoms with Gasteiger partial charge < -0.3 is 16.0 Å². The fourth-order valence-corrected chi connectivity index (χ4v) is 1.79. The topological polar surface area (TPSA) is 75.4 Å². The van der Waals surface area contributed by atoms with Crippen LogP contribution in [-0.2, 0) is 22.7 Å². The average Bonchev–Trinajstić information content (AvgIpc) is 2.49. The largest absolute Gasteiger partial charge is 0.344 e. The van der Waals surface area contributed by atoms with E-state index in [1.165, 1.54) is 4.90 Å². The maximum Gasteiger partial charge on any atom is 0.311 e. The van der Waals surface area contributed by atoms with Crippen molar-refractivity contribution in [2.24, 2.45) is 5.73 Å². The molecule has 3 N–H and O–H groups in total. The summed E-state index contributed by atoms with van der Waals surface area (Å²) in [6, 6.07) is 7.63. The lowest BCUT2D eigenvalue weighted by Gasteiger charge is -2.16. The van der Waals surface area contributed by atoms with E-state index in [-0.39, 0.29) is 0 Å². The van der Waals surface area contributed by atoms with Crippen molar-refractivity contribution in [2.45, 2.75) is 32.9 Å². The lowest BCUT2D eigenvalue weighted by atomic mass is 10.1. The predicted molar refractivity (Wildman–Crippen MR) is 78.7 cm³/mol. The fourth-order valence-electron chi connectivity index (χ4n) is 1.79. The van der Waals surface area contributed by atoms with Crippen LogP contribution in [-0.4, -0.2) is 30.3 Å². The van der Waals surface area contributed by atoms with Crippen LogP contribution >= 0.6 is 0 Å². The normalized spacial score (nSPS) is 10.2. The molecule has 1 aromatic rings. The standard InChI is InChI=1S/C15H23N3O2/c1-3-4-8-18(2)15(20)14(19)17-11-13-7-5-6-12(9-13)10-16/h5-7,9H,3-4,8,10-11,16H2,1-2H3,(H,17,19). The Morgan fingerprint density at radius 3 is 2.65 bits per heavy atom. The highest BCUT2D eigenvalue weighted by Gasteiger charge is 2.17. The van der Waals surface area contributed by atoms with E-state index in [1.807, 2.05) is 31.2 Å². The first-order valence-corrected chi connectivity index (χ1v) is 6.89. The molecule has 20 heavy (non-hydrogen) atoms. The Morgan fingerprint density at radius 1 is 1.30 bits per heavy atom. The molecule has 0 fully saturated rings. The van der Waals surface area contributed by atoms with Gasteiger partial charge in [-0.2, -0.15) is 0 Å². The van der Waals surface area contributed by atoms with Crippen molar-refractivity contribution in [2.75, 3.05) is 13.6 Å². The van der Waals surface area contributed by atoms with E-state index in [4.69, 9.17) is 5.73 Å². The molecule has 0 heterocycles. The minimum absolute atomic E-state index is 0.333. The van der Waals surface area contributed by atoms with Gasteiger partial charge in [0.1, 0.15) is 0 Å². The molecule has 1 rings (SSSR count). The van der Waals surface area contributed by atoms with Crippen LogP contribution in [0, 0.1) is 0 Å². The Labute approximate surface area is 120 Å². The molecule has 0 unspecified atom stereocenters. The molecule has 0 spiro atoms. The van der Waals surface area contributed by atoms with Gasteiger partial charge >= 0.3 is 11.8 Å². The molecule has 0 aliphatic carbocycles. The zero-order valence-corrected chi connectivity index (χ0v) is 12.2. The highest BCUT2D eigenvalue weighted by Crippen LogP contribution is 2.04. The number of carbonyl (C=O) groups is 2. The van der Waals surface area contributed by atoms with Crippen LogP contribution in [0.5, 0.6) is 0 Å². The molecule has 0 aliphatic heterocycles. The van der Waals surface area contributed by atoms with Gasteiger partial charge in [-0.05, 0) is 17.5 Å². The van der Waals surface area contributed by atoms with E-state index < -0.39 is 11.8 Å². The zero-order chi connectivity index (χ0) is 15.0. The summed E-state index contributed by atoms with van der Waals surface area (Å²) in [5.41, 5.74) is 7.50. The molecule has 110 valence electrons. The molecular weight excluding hydrogens is 254 g/mol. The van der Waals surface area contributed by atoms with Crippen molar-refractivity contribution in [3.63, 3.8) is 0 Å². The van der Waals surface area contributed by atoms with Crippen molar-refractivity contribution in [1.29, 1.82) is 0 Å². The summed E-state index contributed by atoms with van der Waals surface area (Å²) < 4.78 is 0. The third-order valence-electron chi connectivity index (χ3n) is 3.07. The molecule has 0 bridgehead atoms. The molecular formula is C15H23N3O2. The number of likely N-dealkylation sites (N-methyl/N-ethyl adjacent to an activating group) is 1. The number of hydrogen-bond donors (Lipinski definition) is 2. The lowest BCUT2D eigenvalue weighted by Crippen LogP contribution is -2.41. The molecule has 0 saturated heterocycles. The average molecular weight is 277 g/mol. The SMILES string of the molecule is CCCCN(C)C(=O)C(=O)NCc1cccc(CN)c1. The Kier molecular flexibility index (Phi) is 6.73. The highest BCUT2D eigenvalue weighted by molar-refractivity contribution is 6.34. The highest BCUT2D eigenvalue weighted by atomic mass is 16.2. The van der Waals surface area contributed by atoms with Crippen LogP contribution in [0.4, 0.5) is 0 Å². The summed E-state index contributed by atoms with van der Waals surface area (Å²) in [5.74, 6) is -1.06. The van der Waals surface area contributed by atoms with Crippen molar-refractivity contribution in [1.82, 2.24) is 10.2 Å². The molecule has 2 amide bonds. The summed E-state index contributed by atoms with van der Waals surface area (Å²) in [6.45, 7) is 3.44. The maximum atomic E-state index is 11.8. The summed E-state index contributed by atoms with van der Waals surface area (Å²) in [6.07, 6.45) is 1.89. The number of rotatable bonds is 6. The summed E-state index contributed by atoms with van der Waals surface area (Å²) in [5, 5.41) is 2.64. The number of nitrogens with zero attached hydrogens (tertiary/aromatic N) is 1. The first-order valence-electron chi connectivity index (χ1n) is 6.89. The molecule has 5 nitrogen and oxygen atoms in total. The van der Waals surface area contributed by atoms with Crippen molar-refractivity contribution in [3.05, 3.63) is 35.4 Å². The van der Waals surface area contributed by atoms with Crippen molar-refractivity contribution < 1.29 is 9.59 Å². The second kappa shape index (κ2) is 8.32. The monoisotopic (exact) mass is 277 g/mol. The van der Waals surface area contributed by atoms with E-state index in [1.54, 1.807) is 7.05 Å². The van der Waals surface area contributed by atoms with Gasteiger partial charge in [0.25, 0.3) is 0 Å². The van der Waals surface area contributed by atoms with Crippen LogP contribution in [0.15, 0.2) is 24.3 Å². The third kappa shape index (κ3) is 5.01. The quantitative estimate of drug-likeness (QED) is 0.762. The zero-order valence-electron chi connectivity index (χ0n) is 12.2. The molecule has 0 aromatic heterocycles. The van der Waals surface area contributed by atoms with E-state index >= 15 is 0 Å². The second-order valence-corrected chi connectivity index (χ2v) is 4.79. The van der Waals surface area contributed by atoms with E-state index in [9.17, 15) is 9.59 Å². The molecule has 0 saturated carbocycles. The van der Waals surface area contributed by atoms with E-state index in [0.717, 1.165) is 24.0 Å². The number of nitrogens with two attached hydrogens (primary N) is 1. The first kappa shape index (κ1) is 16.2. The summed E-state index contributed by atoms with van der Waals surface area (Å²) >= 11 is 0. The molecule has 5 heteroatoms. The Hall–Kier alpha value is -1.88. The van der Waals surface area contributed by atoms with E-state index in [0.29, 0.717) is 19.6 Å². The number of benzene rings is 1. The van der Waals surface area contributed by atoms with Gasteiger partial charge in [0.2, 0.25) is 0 Å². The Balaban J connectivity index is 2.47. The van der Waals surface area contributed by atoms with Crippen molar-refractivity contribution >= 4 is 11.8 Å². The van der Waals surface area contributed by atoms with Gasteiger partial charge in [0.05, 0.1) is 0 Å². The van der Waals surface area contributed by atoms with Gasteiger partial charge in [-0.1, -0.05) is 37.6 Å². The number of unbranched alkanes of at least 4 members (excludes halogenated alkanes) is 1. The summed E-state index contributed by atoms with van der Waals surface area (Å²) in [7, 11) is 1.65. The van der Waals surface area contributed by atoms with Gasteiger partial charge in [-0.15, -0.1) is 0 Å². The minimum Gasteiger partial charge on any atom is -0.344 e. The first-order chi connectivity index (χ1) is 9.58. The number of nitrogens with one attached hydrogen (secondary N) is 1. The molecule has 0 radical (unpaired) electrons. The summed E-state index contributed by atoms with van der Waals surface area (Å²) in [4.78, 5) is 25.0. The fraction of sp³-hybridized carbons (Fsp3) is 0.467. The van der Waals surface area contributed by atoms with Gasteiger partial charge in [0.15, 0.2) is 0 Å². The third-order valence-corrected chi connectivity index (χ3v) is 3.07. The van der Waals surface area contributed by atoms with E-state index in [2.05, 4.69) is 5.32 Å². The van der Waals surface area contributed by atoms with Gasteiger partial charge in [-0.25, -0.2) is 0 Å². The molecule has 1 aromatic carbocycles. The second-order valence-electron chi connectivity index (χ2n) is 4.79. The van der Waals surface area contributed by atoms with Crippen LogP contribution in [0.3, 0.4) is 0 Å². The Morgan fingerprint density at radius 2 is 2.00 bits per heavy atom. The molecule has 0 aliphatic rings. The smallest absolute Gasteiger partial charge is 0.311 e. The van der Waals surface area contributed by atoms with Gasteiger partial charge in [0, 0.05) is 26.7 Å². The van der Waals surface area contributed by atoms with Crippen LogP contribution < -0.4 is 11.1 Å². The van der Waals surface area contributed by atoms with Crippen LogP contribution in [0.2, 0.25) is 0 Å². The van der Waals surface area contributed by atoms with Crippen molar-refractivity contribution in [3.8, 4) is 0 Å². The van der Waals surface area contributed by atoms with Crippen LogP contribution in [0.25, 0.3) is 0 Å². The maximum absolute atomic E-state index is 11.8. The number of amides is 2. The van der Waals surface area contributed by atoms with Gasteiger partial charge in [-0.3, -0.25) is 9.59 Å². The molecule has 0 atom stereocenters. The predicted octanol–water partition coefficient (Wildman–Crippen LogP) is 1.02. The number of carbonyl (C=O) groups excluding carboxylic acids is 2. The minimum atomic E-state index is -0.568.